The Morgan fingerprint density at radius 3 is 2.79 bits per heavy atom. The predicted octanol–water partition coefficient (Wildman–Crippen LogP) is 3.39. The highest BCUT2D eigenvalue weighted by atomic mass is 16.2. The van der Waals surface area contributed by atoms with Crippen LogP contribution in [0.2, 0.25) is 0 Å². The highest BCUT2D eigenvalue weighted by Gasteiger charge is 2.44. The quantitative estimate of drug-likeness (QED) is 0.715. The summed E-state index contributed by atoms with van der Waals surface area (Å²) < 4.78 is 0. The topological polar surface area (TPSA) is 63.2 Å². The molecule has 7 nitrogen and oxygen atoms in total. The van der Waals surface area contributed by atoms with Gasteiger partial charge in [0.1, 0.15) is 12.0 Å². The molecule has 1 amide bonds. The van der Waals surface area contributed by atoms with Crippen LogP contribution < -0.4 is 10.9 Å². The molecule has 1 fully saturated rings. The highest BCUT2D eigenvalue weighted by molar-refractivity contribution is 5.89. The smallest absolute Gasteiger partial charge is 0.223 e. The molecule has 3 atom stereocenters. The standard InChI is InChI=1S/C26H32N6O/c1-18-9-10-19(2)21(15-18)22-16-23-26-28-27-24(31(26)13-14-32(23)29-22)11-12-25(33)30(3)17-20-7-5-4-6-8-20/h4-10,13-15,22-23,26,28-29H,11-12,16-17H2,1-3H3. The lowest BCUT2D eigenvalue weighted by molar-refractivity contribution is -0.130. The van der Waals surface area contributed by atoms with Crippen molar-refractivity contribution in [3.05, 3.63) is 83.2 Å². The first kappa shape index (κ1) is 21.5. The molecule has 5 rings (SSSR count). The Balaban J connectivity index is 1.19. The molecule has 2 aromatic carbocycles. The van der Waals surface area contributed by atoms with Gasteiger partial charge >= 0.3 is 0 Å². The molecular weight excluding hydrogens is 412 g/mol. The van der Waals surface area contributed by atoms with Gasteiger partial charge in [-0.3, -0.25) is 10.2 Å². The summed E-state index contributed by atoms with van der Waals surface area (Å²) in [5.41, 5.74) is 12.1. The van der Waals surface area contributed by atoms with Gasteiger partial charge in [0.25, 0.3) is 0 Å². The lowest BCUT2D eigenvalue weighted by atomic mass is 9.95. The number of hydrazine groups is 1. The maximum absolute atomic E-state index is 12.7. The van der Waals surface area contributed by atoms with Crippen LogP contribution in [0.3, 0.4) is 0 Å². The van der Waals surface area contributed by atoms with Crippen LogP contribution in [0, 0.1) is 13.8 Å². The number of hydrogen-bond donors (Lipinski definition) is 2. The van der Waals surface area contributed by atoms with E-state index in [1.165, 1.54) is 16.7 Å². The van der Waals surface area contributed by atoms with Crippen molar-refractivity contribution in [3.63, 3.8) is 0 Å². The average molecular weight is 445 g/mol. The molecule has 7 heteroatoms. The number of amidine groups is 1. The molecule has 0 aliphatic carbocycles. The zero-order chi connectivity index (χ0) is 22.9. The van der Waals surface area contributed by atoms with Crippen LogP contribution in [0.1, 0.15) is 47.6 Å². The van der Waals surface area contributed by atoms with Crippen molar-refractivity contribution in [2.75, 3.05) is 7.05 Å². The second-order valence-electron chi connectivity index (χ2n) is 9.29. The minimum Gasteiger partial charge on any atom is -0.341 e. The van der Waals surface area contributed by atoms with E-state index in [0.29, 0.717) is 19.4 Å². The number of hydrogen-bond acceptors (Lipinski definition) is 6. The van der Waals surface area contributed by atoms with Crippen molar-refractivity contribution >= 4 is 11.7 Å². The molecule has 172 valence electrons. The number of carbonyl (C=O) groups is 1. The zero-order valence-electron chi connectivity index (χ0n) is 19.5. The second kappa shape index (κ2) is 8.90. The van der Waals surface area contributed by atoms with E-state index in [4.69, 9.17) is 0 Å². The van der Waals surface area contributed by atoms with Crippen LogP contribution >= 0.6 is 0 Å². The molecule has 3 aliphatic heterocycles. The number of rotatable bonds is 6. The molecule has 0 spiro atoms. The third-order valence-electron chi connectivity index (χ3n) is 6.88. The van der Waals surface area contributed by atoms with Crippen molar-refractivity contribution in [3.8, 4) is 0 Å². The summed E-state index contributed by atoms with van der Waals surface area (Å²) in [7, 11) is 1.86. The molecule has 2 aromatic rings. The Morgan fingerprint density at radius 2 is 1.97 bits per heavy atom. The van der Waals surface area contributed by atoms with E-state index in [0.717, 1.165) is 17.8 Å². The summed E-state index contributed by atoms with van der Waals surface area (Å²) in [6, 6.07) is 17.3. The molecule has 1 saturated heterocycles. The van der Waals surface area contributed by atoms with E-state index in [9.17, 15) is 4.79 Å². The number of nitrogens with zero attached hydrogens (tertiary/aromatic N) is 4. The Labute approximate surface area is 195 Å². The SMILES string of the molecule is Cc1ccc(C)c(C2CC3C4NN=C(CCC(=O)N(C)Cc5ccccc5)N4C=CN3N2)c1. The Kier molecular flexibility index (Phi) is 5.81. The lowest BCUT2D eigenvalue weighted by Gasteiger charge is -2.37. The Hall–Kier alpha value is -3.32. The molecule has 3 unspecified atom stereocenters. The summed E-state index contributed by atoms with van der Waals surface area (Å²) in [6.45, 7) is 4.94. The van der Waals surface area contributed by atoms with Crippen molar-refractivity contribution in [2.24, 2.45) is 5.10 Å². The van der Waals surface area contributed by atoms with Gasteiger partial charge in [-0.25, -0.2) is 5.43 Å². The van der Waals surface area contributed by atoms with Crippen LogP contribution in [0.5, 0.6) is 0 Å². The lowest BCUT2D eigenvalue weighted by Crippen LogP contribution is -2.54. The minimum atomic E-state index is 0.0739. The minimum absolute atomic E-state index is 0.0739. The average Bonchev–Trinajstić information content (AvgIpc) is 3.43. The summed E-state index contributed by atoms with van der Waals surface area (Å²) in [4.78, 5) is 16.7. The number of nitrogens with one attached hydrogen (secondary N) is 2. The van der Waals surface area contributed by atoms with Gasteiger partial charge in [0, 0.05) is 38.8 Å². The van der Waals surface area contributed by atoms with Gasteiger partial charge in [-0.15, -0.1) is 0 Å². The molecule has 3 heterocycles. The summed E-state index contributed by atoms with van der Waals surface area (Å²) in [5.74, 6) is 1.05. The maximum atomic E-state index is 12.7. The number of fused-ring (bicyclic) bond motifs is 3. The molecule has 0 bridgehead atoms. The fourth-order valence-corrected chi connectivity index (χ4v) is 5.00. The first-order valence-corrected chi connectivity index (χ1v) is 11.7. The van der Waals surface area contributed by atoms with E-state index in [2.05, 4.69) is 70.3 Å². The van der Waals surface area contributed by atoms with E-state index < -0.39 is 0 Å². The van der Waals surface area contributed by atoms with E-state index in [1.807, 2.05) is 37.4 Å². The van der Waals surface area contributed by atoms with Crippen LogP contribution in [0.25, 0.3) is 0 Å². The summed E-state index contributed by atoms with van der Waals surface area (Å²) in [6.07, 6.45) is 6.29. The highest BCUT2D eigenvalue weighted by Crippen LogP contribution is 2.35. The number of amides is 1. The summed E-state index contributed by atoms with van der Waals surface area (Å²) in [5, 5.41) is 6.81. The van der Waals surface area contributed by atoms with Gasteiger partial charge in [-0.05, 0) is 37.0 Å². The van der Waals surface area contributed by atoms with Crippen molar-refractivity contribution < 1.29 is 4.79 Å². The first-order valence-electron chi connectivity index (χ1n) is 11.7. The molecule has 3 aliphatic rings. The predicted molar refractivity (Wildman–Crippen MR) is 130 cm³/mol. The van der Waals surface area contributed by atoms with Crippen molar-refractivity contribution in [1.29, 1.82) is 0 Å². The Morgan fingerprint density at radius 1 is 1.15 bits per heavy atom. The first-order chi connectivity index (χ1) is 16.0. The monoisotopic (exact) mass is 444 g/mol. The normalized spacial score (nSPS) is 23.1. The van der Waals surface area contributed by atoms with Crippen LogP contribution in [0.4, 0.5) is 0 Å². The maximum Gasteiger partial charge on any atom is 0.223 e. The van der Waals surface area contributed by atoms with Crippen molar-refractivity contribution in [1.82, 2.24) is 25.7 Å². The van der Waals surface area contributed by atoms with Crippen LogP contribution in [-0.4, -0.2) is 45.8 Å². The largest absolute Gasteiger partial charge is 0.341 e. The van der Waals surface area contributed by atoms with Gasteiger partial charge in [0.2, 0.25) is 5.91 Å². The third-order valence-corrected chi connectivity index (χ3v) is 6.88. The molecule has 0 radical (unpaired) electrons. The van der Waals surface area contributed by atoms with Gasteiger partial charge in [-0.2, -0.15) is 5.10 Å². The Bertz CT molecular complexity index is 1080. The van der Waals surface area contributed by atoms with Gasteiger partial charge < -0.3 is 14.8 Å². The molecule has 2 N–H and O–H groups in total. The van der Waals surface area contributed by atoms with Gasteiger partial charge in [0.05, 0.1) is 12.1 Å². The summed E-state index contributed by atoms with van der Waals surface area (Å²) >= 11 is 0. The van der Waals surface area contributed by atoms with Crippen molar-refractivity contribution in [2.45, 2.75) is 57.9 Å². The van der Waals surface area contributed by atoms with Gasteiger partial charge in [0.15, 0.2) is 0 Å². The van der Waals surface area contributed by atoms with Gasteiger partial charge in [-0.1, -0.05) is 54.1 Å². The van der Waals surface area contributed by atoms with Crippen LogP contribution in [-0.2, 0) is 11.3 Å². The number of hydrazone groups is 1. The fourth-order valence-electron chi connectivity index (χ4n) is 5.00. The molecule has 33 heavy (non-hydrogen) atoms. The van der Waals surface area contributed by atoms with E-state index in [-0.39, 0.29) is 24.2 Å². The third kappa shape index (κ3) is 4.33. The second-order valence-corrected chi connectivity index (χ2v) is 9.29. The number of carbonyl (C=O) groups excluding carboxylic acids is 1. The molecule has 0 saturated carbocycles. The van der Waals surface area contributed by atoms with E-state index >= 15 is 0 Å². The fraction of sp³-hybridized carbons (Fsp3) is 0.385. The number of benzene rings is 2. The zero-order valence-corrected chi connectivity index (χ0v) is 19.5. The molecular formula is C26H32N6O. The number of aryl methyl sites for hydroxylation is 2. The van der Waals surface area contributed by atoms with E-state index in [1.54, 1.807) is 4.90 Å². The molecule has 0 aromatic heterocycles. The van der Waals surface area contributed by atoms with Crippen LogP contribution in [0.15, 0.2) is 66.0 Å².